The summed E-state index contributed by atoms with van der Waals surface area (Å²) in [4.78, 5) is 16.3. The molecule has 0 N–H and O–H groups in total. The Bertz CT molecular complexity index is 794. The van der Waals surface area contributed by atoms with Crippen LogP contribution in [0.4, 0.5) is 0 Å². The summed E-state index contributed by atoms with van der Waals surface area (Å²) in [6, 6.07) is 13.5. The van der Waals surface area contributed by atoms with Crippen LogP contribution < -0.4 is 10.3 Å². The van der Waals surface area contributed by atoms with Crippen LogP contribution >= 0.6 is 0 Å². The Kier molecular flexibility index (Phi) is 3.21. The summed E-state index contributed by atoms with van der Waals surface area (Å²) in [7, 11) is 0. The van der Waals surface area contributed by atoms with Gasteiger partial charge in [0, 0.05) is 18.0 Å². The third-order valence-corrected chi connectivity index (χ3v) is 3.11. The molecular weight excluding hydrogens is 252 g/mol. The lowest BCUT2D eigenvalue weighted by atomic mass is 10.2. The molecule has 0 radical (unpaired) electrons. The van der Waals surface area contributed by atoms with E-state index < -0.39 is 0 Å². The van der Waals surface area contributed by atoms with Gasteiger partial charge >= 0.3 is 0 Å². The molecule has 0 atom stereocenters. The smallest absolute Gasteiger partial charge is 0.260 e. The largest absolute Gasteiger partial charge is 0.485 e. The van der Waals surface area contributed by atoms with Gasteiger partial charge in [-0.3, -0.25) is 9.20 Å². The van der Waals surface area contributed by atoms with Crippen molar-refractivity contribution in [1.29, 1.82) is 0 Å². The quantitative estimate of drug-likeness (QED) is 0.732. The minimum Gasteiger partial charge on any atom is -0.485 e. The topological polar surface area (TPSA) is 43.6 Å². The Labute approximate surface area is 116 Å². The first kappa shape index (κ1) is 12.4. The number of aryl methyl sites for hydroxylation is 1. The molecule has 100 valence electrons. The van der Waals surface area contributed by atoms with Crippen LogP contribution in [0.25, 0.3) is 5.65 Å². The molecule has 2 heterocycles. The first-order valence-electron chi connectivity index (χ1n) is 6.39. The third-order valence-electron chi connectivity index (χ3n) is 3.11. The van der Waals surface area contributed by atoms with Crippen molar-refractivity contribution < 1.29 is 4.74 Å². The van der Waals surface area contributed by atoms with E-state index in [1.54, 1.807) is 25.4 Å². The Morgan fingerprint density at radius 2 is 1.95 bits per heavy atom. The number of fused-ring (bicyclic) bond motifs is 1. The number of aromatic nitrogens is 2. The van der Waals surface area contributed by atoms with Crippen molar-refractivity contribution in [2.24, 2.45) is 0 Å². The summed E-state index contributed by atoms with van der Waals surface area (Å²) >= 11 is 0. The molecule has 0 saturated carbocycles. The predicted molar refractivity (Wildman–Crippen MR) is 77.0 cm³/mol. The van der Waals surface area contributed by atoms with Gasteiger partial charge in [0.05, 0.1) is 0 Å². The molecule has 0 saturated heterocycles. The minimum absolute atomic E-state index is 0.0693. The maximum absolute atomic E-state index is 12.0. The lowest BCUT2D eigenvalue weighted by Gasteiger charge is -2.09. The molecule has 0 bridgehead atoms. The normalized spacial score (nSPS) is 10.7. The van der Waals surface area contributed by atoms with E-state index in [0.717, 1.165) is 5.56 Å². The average Bonchev–Trinajstić information content (AvgIpc) is 2.50. The highest BCUT2D eigenvalue weighted by molar-refractivity contribution is 5.53. The molecule has 2 aromatic heterocycles. The number of benzene rings is 1. The van der Waals surface area contributed by atoms with E-state index in [1.807, 2.05) is 36.4 Å². The van der Waals surface area contributed by atoms with E-state index in [9.17, 15) is 4.79 Å². The van der Waals surface area contributed by atoms with Crippen molar-refractivity contribution in [3.05, 3.63) is 76.3 Å². The van der Waals surface area contributed by atoms with Crippen LogP contribution in [0.15, 0.2) is 59.7 Å². The fourth-order valence-electron chi connectivity index (χ4n) is 2.02. The van der Waals surface area contributed by atoms with Crippen LogP contribution in [-0.2, 0) is 6.61 Å². The Balaban J connectivity index is 1.96. The summed E-state index contributed by atoms with van der Waals surface area (Å²) in [6.45, 7) is 2.20. The van der Waals surface area contributed by atoms with E-state index in [4.69, 9.17) is 4.74 Å². The lowest BCUT2D eigenvalue weighted by molar-refractivity contribution is 0.308. The van der Waals surface area contributed by atoms with Crippen LogP contribution in [0.5, 0.6) is 5.75 Å². The van der Waals surface area contributed by atoms with E-state index in [1.165, 1.54) is 4.40 Å². The second-order valence-corrected chi connectivity index (χ2v) is 4.59. The van der Waals surface area contributed by atoms with Crippen molar-refractivity contribution in [3.63, 3.8) is 0 Å². The van der Waals surface area contributed by atoms with Crippen LogP contribution in [0, 0.1) is 6.92 Å². The highest BCUT2D eigenvalue weighted by Gasteiger charge is 2.06. The van der Waals surface area contributed by atoms with Crippen molar-refractivity contribution in [3.8, 4) is 5.75 Å². The monoisotopic (exact) mass is 266 g/mol. The highest BCUT2D eigenvalue weighted by atomic mass is 16.5. The maximum atomic E-state index is 12.0. The summed E-state index contributed by atoms with van der Waals surface area (Å²) in [5.41, 5.74) is 2.16. The van der Waals surface area contributed by atoms with Gasteiger partial charge in [-0.2, -0.15) is 0 Å². The number of hydrogen-bond acceptors (Lipinski definition) is 3. The number of nitrogens with zero attached hydrogens (tertiary/aromatic N) is 2. The fraction of sp³-hybridized carbons (Fsp3) is 0.125. The first-order valence-corrected chi connectivity index (χ1v) is 6.39. The van der Waals surface area contributed by atoms with Crippen LogP contribution in [0.2, 0.25) is 0 Å². The average molecular weight is 266 g/mol. The molecule has 0 aliphatic heterocycles. The summed E-state index contributed by atoms with van der Waals surface area (Å²) in [5.74, 6) is 0.605. The molecule has 3 aromatic rings. The molecule has 0 aliphatic carbocycles. The zero-order valence-electron chi connectivity index (χ0n) is 11.1. The Hall–Kier alpha value is -2.62. The number of hydrogen-bond donors (Lipinski definition) is 0. The molecule has 4 heteroatoms. The Morgan fingerprint density at radius 1 is 1.15 bits per heavy atom. The van der Waals surface area contributed by atoms with Gasteiger partial charge in [-0.05, 0) is 24.6 Å². The Morgan fingerprint density at radius 3 is 2.75 bits per heavy atom. The van der Waals surface area contributed by atoms with Gasteiger partial charge in [0.15, 0.2) is 11.4 Å². The number of pyridine rings is 1. The van der Waals surface area contributed by atoms with Crippen molar-refractivity contribution in [1.82, 2.24) is 9.38 Å². The molecule has 0 aliphatic rings. The van der Waals surface area contributed by atoms with Gasteiger partial charge in [0.25, 0.3) is 5.56 Å². The fourth-order valence-corrected chi connectivity index (χ4v) is 2.02. The number of rotatable bonds is 3. The zero-order chi connectivity index (χ0) is 13.9. The summed E-state index contributed by atoms with van der Waals surface area (Å²) < 4.78 is 7.29. The van der Waals surface area contributed by atoms with E-state index in [2.05, 4.69) is 4.98 Å². The van der Waals surface area contributed by atoms with Gasteiger partial charge in [-0.1, -0.05) is 30.3 Å². The second-order valence-electron chi connectivity index (χ2n) is 4.59. The molecule has 3 rings (SSSR count). The van der Waals surface area contributed by atoms with Crippen molar-refractivity contribution >= 4 is 5.65 Å². The van der Waals surface area contributed by atoms with E-state index in [0.29, 0.717) is 23.6 Å². The molecule has 1 aromatic carbocycles. The van der Waals surface area contributed by atoms with Crippen LogP contribution in [-0.4, -0.2) is 9.38 Å². The molecule has 20 heavy (non-hydrogen) atoms. The van der Waals surface area contributed by atoms with Gasteiger partial charge in [0.1, 0.15) is 6.61 Å². The summed E-state index contributed by atoms with van der Waals surface area (Å²) in [5, 5.41) is 0. The van der Waals surface area contributed by atoms with Crippen LogP contribution in [0.1, 0.15) is 11.1 Å². The zero-order valence-corrected chi connectivity index (χ0v) is 11.1. The van der Waals surface area contributed by atoms with Crippen molar-refractivity contribution in [2.45, 2.75) is 13.5 Å². The maximum Gasteiger partial charge on any atom is 0.260 e. The third kappa shape index (κ3) is 2.28. The standard InChI is InChI=1S/C16H14N2O2/c1-12-10-17-15-14(8-5-9-18(15)16(12)19)20-11-13-6-3-2-4-7-13/h2-10H,11H2,1H3. The molecule has 0 spiro atoms. The van der Waals surface area contributed by atoms with Gasteiger partial charge in [-0.15, -0.1) is 0 Å². The number of ether oxygens (including phenoxy) is 1. The van der Waals surface area contributed by atoms with E-state index in [-0.39, 0.29) is 5.56 Å². The SMILES string of the molecule is Cc1cnc2c(OCc3ccccc3)cccn2c1=O. The van der Waals surface area contributed by atoms with E-state index >= 15 is 0 Å². The van der Waals surface area contributed by atoms with Gasteiger partial charge in [0.2, 0.25) is 0 Å². The van der Waals surface area contributed by atoms with Gasteiger partial charge < -0.3 is 4.74 Å². The molecule has 4 nitrogen and oxygen atoms in total. The second kappa shape index (κ2) is 5.17. The molecule has 0 fully saturated rings. The minimum atomic E-state index is -0.0693. The van der Waals surface area contributed by atoms with Gasteiger partial charge in [-0.25, -0.2) is 4.98 Å². The summed E-state index contributed by atoms with van der Waals surface area (Å²) in [6.07, 6.45) is 3.28. The predicted octanol–water partition coefficient (Wildman–Crippen LogP) is 2.58. The highest BCUT2D eigenvalue weighted by Crippen LogP contribution is 2.17. The van der Waals surface area contributed by atoms with Crippen LogP contribution in [0.3, 0.4) is 0 Å². The molecule has 0 amide bonds. The van der Waals surface area contributed by atoms with Crippen molar-refractivity contribution in [2.75, 3.05) is 0 Å². The lowest BCUT2D eigenvalue weighted by Crippen LogP contribution is -2.17. The molecular formula is C16H14N2O2. The first-order chi connectivity index (χ1) is 9.75. The molecule has 0 unspecified atom stereocenters.